The number of aliphatic carboxylic acids is 1. The van der Waals surface area contributed by atoms with Crippen LogP contribution in [0.1, 0.15) is 31.7 Å². The normalized spacial score (nSPS) is 24.4. The zero-order chi connectivity index (χ0) is 27.5. The van der Waals surface area contributed by atoms with Gasteiger partial charge in [0.25, 0.3) is 0 Å². The highest BCUT2D eigenvalue weighted by atomic mass is 79.9. The number of benzene rings is 1. The highest BCUT2D eigenvalue weighted by molar-refractivity contribution is 9.10. The van der Waals surface area contributed by atoms with E-state index in [2.05, 4.69) is 43.5 Å². The van der Waals surface area contributed by atoms with Gasteiger partial charge in [-0.2, -0.15) is 18.2 Å². The lowest BCUT2D eigenvalue weighted by Gasteiger charge is -2.23. The molecular formula is C24H27BrF3N7O3. The van der Waals surface area contributed by atoms with Crippen LogP contribution in [0.2, 0.25) is 0 Å². The number of anilines is 2. The molecular weight excluding hydrogens is 571 g/mol. The Bertz CT molecular complexity index is 1290. The summed E-state index contributed by atoms with van der Waals surface area (Å²) in [4.78, 5) is 18.4. The Morgan fingerprint density at radius 3 is 2.68 bits per heavy atom. The molecule has 10 nitrogen and oxygen atoms in total. The van der Waals surface area contributed by atoms with Crippen molar-refractivity contribution in [1.82, 2.24) is 25.0 Å². The number of carboxylic acid groups (broad SMARTS) is 1. The molecule has 2 fully saturated rings. The fourth-order valence-corrected chi connectivity index (χ4v) is 5.05. The number of aliphatic hydroxyl groups excluding tert-OH is 1. The Morgan fingerprint density at radius 1 is 1.32 bits per heavy atom. The molecule has 0 bridgehead atoms. The largest absolute Gasteiger partial charge is 0.490 e. The third-order valence-electron chi connectivity index (χ3n) is 6.93. The molecule has 4 atom stereocenters. The van der Waals surface area contributed by atoms with Crippen molar-refractivity contribution < 1.29 is 28.2 Å². The van der Waals surface area contributed by atoms with Gasteiger partial charge in [-0.1, -0.05) is 27.2 Å². The van der Waals surface area contributed by atoms with Crippen molar-refractivity contribution in [2.24, 2.45) is 11.3 Å². The Hall–Kier alpha value is -3.26. The first-order valence-corrected chi connectivity index (χ1v) is 12.7. The van der Waals surface area contributed by atoms with Crippen LogP contribution < -0.4 is 10.6 Å². The number of allylic oxidation sites excluding steroid dienone is 1. The van der Waals surface area contributed by atoms with Crippen molar-refractivity contribution in [3.63, 3.8) is 0 Å². The van der Waals surface area contributed by atoms with Crippen LogP contribution in [0.4, 0.5) is 24.9 Å². The zero-order valence-corrected chi connectivity index (χ0v) is 21.8. The Labute approximate surface area is 224 Å². The predicted molar refractivity (Wildman–Crippen MR) is 138 cm³/mol. The lowest BCUT2D eigenvalue weighted by Crippen LogP contribution is -2.28. The molecule has 1 aromatic carbocycles. The summed E-state index contributed by atoms with van der Waals surface area (Å²) in [7, 11) is 0. The fraction of sp³-hybridized carbons (Fsp3) is 0.458. The Morgan fingerprint density at radius 2 is 2.08 bits per heavy atom. The quantitative estimate of drug-likeness (QED) is 0.278. The number of carboxylic acids is 1. The van der Waals surface area contributed by atoms with Crippen LogP contribution in [0.5, 0.6) is 0 Å². The van der Waals surface area contributed by atoms with Gasteiger partial charge in [0.1, 0.15) is 5.82 Å². The highest BCUT2D eigenvalue weighted by Crippen LogP contribution is 2.52. The van der Waals surface area contributed by atoms with Crippen molar-refractivity contribution in [3.05, 3.63) is 47.7 Å². The molecule has 0 unspecified atom stereocenters. The number of hydrogen-bond donors (Lipinski definition) is 4. The minimum absolute atomic E-state index is 0.129. The summed E-state index contributed by atoms with van der Waals surface area (Å²) < 4.78 is 34.7. The average Bonchev–Trinajstić information content (AvgIpc) is 3.18. The molecule has 2 saturated carbocycles. The van der Waals surface area contributed by atoms with Gasteiger partial charge in [0.05, 0.1) is 30.4 Å². The van der Waals surface area contributed by atoms with Crippen LogP contribution in [0.3, 0.4) is 0 Å². The maximum Gasteiger partial charge on any atom is 0.490 e. The second kappa shape index (κ2) is 11.2. The zero-order valence-electron chi connectivity index (χ0n) is 20.2. The summed E-state index contributed by atoms with van der Waals surface area (Å²) in [5.41, 5.74) is 0.712. The second-order valence-corrected chi connectivity index (χ2v) is 10.3. The van der Waals surface area contributed by atoms with Gasteiger partial charge in [-0.05, 0) is 49.8 Å². The molecule has 14 heteroatoms. The molecule has 2 aliphatic carbocycles. The van der Waals surface area contributed by atoms with Gasteiger partial charge in [-0.3, -0.25) is 0 Å². The van der Waals surface area contributed by atoms with Crippen LogP contribution in [-0.2, 0) is 4.79 Å². The maximum absolute atomic E-state index is 10.6. The van der Waals surface area contributed by atoms with E-state index in [-0.39, 0.29) is 24.1 Å². The van der Waals surface area contributed by atoms with Gasteiger partial charge in [-0.15, -0.1) is 11.7 Å². The molecule has 2 aromatic heterocycles. The highest BCUT2D eigenvalue weighted by Gasteiger charge is 2.51. The number of nitrogens with one attached hydrogen (secondary N) is 2. The third kappa shape index (κ3) is 6.23. The molecule has 3 aromatic rings. The van der Waals surface area contributed by atoms with E-state index in [0.717, 1.165) is 46.9 Å². The molecule has 2 heterocycles. The first-order valence-electron chi connectivity index (χ1n) is 11.9. The van der Waals surface area contributed by atoms with E-state index in [0.29, 0.717) is 18.4 Å². The standard InChI is InChI=1S/C22H26BrN7O.C2HF3O2/c1-2-14-11-22(14,13-31)12-24-21-27-17-7-6-15(23)10-16(17)20(28-21)26-18-4-3-5-19(18)30-9-8-25-29-30;3-2(4,5)1(6)7/h2,6-10,14,18-19,31H,1,3-5,11-13H2,(H2,24,26,27,28);(H,6,7)/t14-,18+,19-,22-;/m0./s1. The van der Waals surface area contributed by atoms with Crippen molar-refractivity contribution in [2.75, 3.05) is 23.8 Å². The predicted octanol–water partition coefficient (Wildman–Crippen LogP) is 4.42. The van der Waals surface area contributed by atoms with Gasteiger partial charge >= 0.3 is 12.1 Å². The topological polar surface area (TPSA) is 138 Å². The number of nitrogens with zero attached hydrogens (tertiary/aromatic N) is 5. The molecule has 204 valence electrons. The SMILES string of the molecule is C=C[C@H]1C[C@@]1(CO)CNc1nc(N[C@@H]2CCC[C@@H]2n2ccnn2)c2cc(Br)ccc2n1.O=C(O)C(F)(F)F. The first-order chi connectivity index (χ1) is 18.1. The van der Waals surface area contributed by atoms with E-state index in [1.807, 2.05) is 35.2 Å². The van der Waals surface area contributed by atoms with Crippen molar-refractivity contribution in [2.45, 2.75) is 43.9 Å². The van der Waals surface area contributed by atoms with E-state index in [1.165, 1.54) is 0 Å². The third-order valence-corrected chi connectivity index (χ3v) is 7.43. The minimum atomic E-state index is -5.08. The monoisotopic (exact) mass is 597 g/mol. The molecule has 4 N–H and O–H groups in total. The lowest BCUT2D eigenvalue weighted by molar-refractivity contribution is -0.192. The van der Waals surface area contributed by atoms with Gasteiger partial charge in [0.15, 0.2) is 0 Å². The van der Waals surface area contributed by atoms with E-state index in [4.69, 9.17) is 19.9 Å². The maximum atomic E-state index is 10.6. The number of rotatable bonds is 8. The summed E-state index contributed by atoms with van der Waals surface area (Å²) in [5.74, 6) is -1.05. The van der Waals surface area contributed by atoms with E-state index >= 15 is 0 Å². The Kier molecular flexibility index (Phi) is 8.21. The molecule has 0 saturated heterocycles. The second-order valence-electron chi connectivity index (χ2n) is 9.41. The molecule has 5 rings (SSSR count). The molecule has 0 radical (unpaired) electrons. The molecule has 0 aliphatic heterocycles. The van der Waals surface area contributed by atoms with Crippen LogP contribution in [0.25, 0.3) is 10.9 Å². The molecule has 0 spiro atoms. The van der Waals surface area contributed by atoms with Crippen LogP contribution in [0, 0.1) is 11.3 Å². The molecule has 2 aliphatic rings. The van der Waals surface area contributed by atoms with E-state index in [1.54, 1.807) is 6.20 Å². The number of hydrogen-bond acceptors (Lipinski definition) is 8. The van der Waals surface area contributed by atoms with Gasteiger partial charge in [0.2, 0.25) is 5.95 Å². The summed E-state index contributed by atoms with van der Waals surface area (Å²) in [5, 5.41) is 33.2. The number of aliphatic hydroxyl groups is 1. The van der Waals surface area contributed by atoms with Crippen LogP contribution >= 0.6 is 15.9 Å². The van der Waals surface area contributed by atoms with E-state index < -0.39 is 12.1 Å². The van der Waals surface area contributed by atoms with Gasteiger partial charge in [0, 0.05) is 28.0 Å². The van der Waals surface area contributed by atoms with Crippen molar-refractivity contribution >= 4 is 44.6 Å². The summed E-state index contributed by atoms with van der Waals surface area (Å²) >= 11 is 3.57. The molecule has 38 heavy (non-hydrogen) atoms. The minimum Gasteiger partial charge on any atom is -0.475 e. The smallest absolute Gasteiger partial charge is 0.475 e. The van der Waals surface area contributed by atoms with E-state index in [9.17, 15) is 18.3 Å². The summed E-state index contributed by atoms with van der Waals surface area (Å²) in [6, 6.07) is 6.48. The fourth-order valence-electron chi connectivity index (χ4n) is 4.69. The molecule has 0 amide bonds. The number of aromatic nitrogens is 5. The van der Waals surface area contributed by atoms with Crippen LogP contribution in [0.15, 0.2) is 47.7 Å². The average molecular weight is 598 g/mol. The van der Waals surface area contributed by atoms with Gasteiger partial charge < -0.3 is 20.8 Å². The number of alkyl halides is 3. The first kappa shape index (κ1) is 27.8. The summed E-state index contributed by atoms with van der Waals surface area (Å²) in [6.45, 7) is 4.62. The van der Waals surface area contributed by atoms with Crippen molar-refractivity contribution in [3.8, 4) is 0 Å². The van der Waals surface area contributed by atoms with Gasteiger partial charge in [-0.25, -0.2) is 14.5 Å². The summed E-state index contributed by atoms with van der Waals surface area (Å²) in [6.07, 6.45) is 4.65. The van der Waals surface area contributed by atoms with Crippen LogP contribution in [-0.4, -0.2) is 66.5 Å². The lowest BCUT2D eigenvalue weighted by atomic mass is 10.1. The number of carbonyl (C=O) groups is 1. The van der Waals surface area contributed by atoms with Crippen molar-refractivity contribution in [1.29, 1.82) is 0 Å². The number of halogens is 4. The number of fused-ring (bicyclic) bond motifs is 1. The Balaban J connectivity index is 0.000000426.